The highest BCUT2D eigenvalue weighted by atomic mass is 16.2. The number of carbonyl (C=O) groups is 10. The van der Waals surface area contributed by atoms with E-state index in [1.807, 2.05) is 0 Å². The molecule has 11 saturated heterocycles. The minimum Gasteiger partial charge on any atom is -0.329 e. The smallest absolute Gasteiger partial charge is 0.246 e. The number of amides is 10. The van der Waals surface area contributed by atoms with Crippen molar-refractivity contribution in [1.29, 1.82) is 0 Å². The van der Waals surface area contributed by atoms with Gasteiger partial charge in [0.05, 0.1) is 0 Å². The third kappa shape index (κ3) is 7.82. The minimum atomic E-state index is -0.801. The molecule has 20 heteroatoms. The maximum absolute atomic E-state index is 14.6. The maximum atomic E-state index is 14.6. The SMILES string of the molecule is O=C1[C@@H]2CCCN2C(=O)[C@H]2CCCN2C(=O)[C@@H]2CCCN2C(=O)[C@H]2CCCN2C(=O)[C@@H]2CCCN2C(=O)[C@H]2CCCN2C(=O)[C@@H]2CCCN2C(=O)[C@H]2CCCN2C(=O)[C@@H]2CCCN2C(=O)[C@H]2CCCN12. The molecule has 380 valence electrons. The van der Waals surface area contributed by atoms with Gasteiger partial charge >= 0.3 is 0 Å². The molecule has 0 unspecified atom stereocenters. The van der Waals surface area contributed by atoms with Crippen molar-refractivity contribution in [2.24, 2.45) is 0 Å². The third-order valence-electron chi connectivity index (χ3n) is 18.2. The number of hydrogen-bond acceptors (Lipinski definition) is 10. The molecule has 11 heterocycles. The lowest BCUT2D eigenvalue weighted by molar-refractivity contribution is -0.156. The molecule has 70 heavy (non-hydrogen) atoms. The van der Waals surface area contributed by atoms with Crippen LogP contribution in [-0.4, -0.2) is 234 Å². The fraction of sp³-hybridized carbons (Fsp3) is 0.800. The predicted octanol–water partition coefficient (Wildman–Crippen LogP) is -0.0900. The summed E-state index contributed by atoms with van der Waals surface area (Å²) in [6.07, 6.45) is 10.2. The van der Waals surface area contributed by atoms with Gasteiger partial charge in [-0.05, 0) is 128 Å². The molecule has 11 fully saturated rings. The molecule has 11 rings (SSSR count). The first-order valence-corrected chi connectivity index (χ1v) is 27.0. The molecule has 0 N–H and O–H groups in total. The number of nitrogens with zero attached hydrogens (tertiary/aromatic N) is 10. The molecule has 0 aliphatic carbocycles. The first-order chi connectivity index (χ1) is 33.9. The van der Waals surface area contributed by atoms with E-state index < -0.39 is 60.4 Å². The van der Waals surface area contributed by atoms with Crippen LogP contribution in [0.15, 0.2) is 0 Å². The van der Waals surface area contributed by atoms with Crippen LogP contribution in [0.3, 0.4) is 0 Å². The summed E-state index contributed by atoms with van der Waals surface area (Å²) in [6, 6.07) is -8.01. The van der Waals surface area contributed by atoms with Crippen LogP contribution in [0.25, 0.3) is 0 Å². The molecular weight excluding hydrogens is 901 g/mol. The van der Waals surface area contributed by atoms with E-state index in [2.05, 4.69) is 0 Å². The second-order valence-corrected chi connectivity index (χ2v) is 21.9. The Kier molecular flexibility index (Phi) is 12.8. The van der Waals surface area contributed by atoms with E-state index in [9.17, 15) is 47.9 Å². The molecular formula is C50H70N10O10. The summed E-state index contributed by atoms with van der Waals surface area (Å²) in [7, 11) is 0. The summed E-state index contributed by atoms with van der Waals surface area (Å²) in [6.45, 7) is 3.41. The van der Waals surface area contributed by atoms with Crippen LogP contribution in [-0.2, 0) is 47.9 Å². The first-order valence-electron chi connectivity index (χ1n) is 27.0. The lowest BCUT2D eigenvalue weighted by Gasteiger charge is -2.38. The zero-order valence-electron chi connectivity index (χ0n) is 40.5. The Bertz CT molecular complexity index is 1590. The van der Waals surface area contributed by atoms with E-state index >= 15 is 0 Å². The van der Waals surface area contributed by atoms with Gasteiger partial charge in [0, 0.05) is 65.4 Å². The van der Waals surface area contributed by atoms with Gasteiger partial charge in [0.1, 0.15) is 60.4 Å². The molecule has 11 aliphatic rings. The minimum absolute atomic E-state index is 0.298. The molecule has 10 atom stereocenters. The van der Waals surface area contributed by atoms with Gasteiger partial charge in [0.2, 0.25) is 59.1 Å². The van der Waals surface area contributed by atoms with Crippen LogP contribution < -0.4 is 0 Å². The van der Waals surface area contributed by atoms with E-state index in [4.69, 9.17) is 0 Å². The highest BCUT2D eigenvalue weighted by molar-refractivity contribution is 6.01. The van der Waals surface area contributed by atoms with Gasteiger partial charge in [-0.1, -0.05) is 0 Å². The predicted molar refractivity (Wildman–Crippen MR) is 247 cm³/mol. The molecule has 0 bridgehead atoms. The lowest BCUT2D eigenvalue weighted by atomic mass is 10.1. The highest BCUT2D eigenvalue weighted by Crippen LogP contribution is 2.36. The van der Waals surface area contributed by atoms with Crippen LogP contribution >= 0.6 is 0 Å². The maximum Gasteiger partial charge on any atom is 0.246 e. The molecule has 0 aromatic heterocycles. The van der Waals surface area contributed by atoms with E-state index in [0.29, 0.717) is 194 Å². The van der Waals surface area contributed by atoms with E-state index in [1.54, 1.807) is 49.0 Å². The molecule has 0 aromatic carbocycles. The van der Waals surface area contributed by atoms with Crippen molar-refractivity contribution in [3.8, 4) is 0 Å². The standard InChI is InChI=1S/C50H70N10O10/c61-41-31-11-1-21-51(31)42(62)32-12-2-23-53(32)44(64)34-14-4-25-55(34)46(66)36-16-6-27-57(36)48(68)38-18-8-29-59(38)50(70)40-20-10-30-60(40)49(69)39-19-9-28-58(39)47(67)37-17-7-26-56(37)45(65)35-15-5-24-54(35)43(63)33-13-3-22-52(33)41/h31-40H,1-30H2/t31-,32+,33+,34-,35-,36+,37+,38-,39-,40+. The zero-order valence-corrected chi connectivity index (χ0v) is 40.5. The van der Waals surface area contributed by atoms with Gasteiger partial charge in [-0.3, -0.25) is 47.9 Å². The Morgan fingerprint density at radius 3 is 0.343 bits per heavy atom. The Morgan fingerprint density at radius 2 is 0.257 bits per heavy atom. The average Bonchev–Trinajstić information content (AvgIpc) is 4.21. The van der Waals surface area contributed by atoms with Crippen molar-refractivity contribution in [3.63, 3.8) is 0 Å². The number of hydrogen-bond donors (Lipinski definition) is 0. The van der Waals surface area contributed by atoms with E-state index in [0.717, 1.165) is 0 Å². The number of carbonyl (C=O) groups excluding carboxylic acids is 10. The molecule has 20 nitrogen and oxygen atoms in total. The summed E-state index contributed by atoms with van der Waals surface area (Å²) >= 11 is 0. The summed E-state index contributed by atoms with van der Waals surface area (Å²) in [5.74, 6) is -2.98. The Hall–Kier alpha value is -5.30. The summed E-state index contributed by atoms with van der Waals surface area (Å²) in [4.78, 5) is 162. The molecule has 0 radical (unpaired) electrons. The Labute approximate surface area is 409 Å². The molecule has 10 amide bonds. The normalized spacial score (nSPS) is 36.3. The topological polar surface area (TPSA) is 203 Å². The van der Waals surface area contributed by atoms with Crippen LogP contribution in [0.4, 0.5) is 0 Å². The van der Waals surface area contributed by atoms with Crippen LogP contribution in [0.5, 0.6) is 0 Å². The average molecular weight is 971 g/mol. The van der Waals surface area contributed by atoms with E-state index in [1.165, 1.54) is 0 Å². The monoisotopic (exact) mass is 971 g/mol. The van der Waals surface area contributed by atoms with Gasteiger partial charge in [-0.15, -0.1) is 0 Å². The second-order valence-electron chi connectivity index (χ2n) is 21.9. The van der Waals surface area contributed by atoms with Gasteiger partial charge in [-0.2, -0.15) is 0 Å². The molecule has 0 aromatic rings. The Morgan fingerprint density at radius 1 is 0.171 bits per heavy atom. The van der Waals surface area contributed by atoms with Crippen LogP contribution in [0.1, 0.15) is 128 Å². The molecule has 0 spiro atoms. The van der Waals surface area contributed by atoms with Gasteiger partial charge in [0.25, 0.3) is 0 Å². The van der Waals surface area contributed by atoms with Gasteiger partial charge in [-0.25, -0.2) is 0 Å². The second kappa shape index (κ2) is 19.0. The molecule has 0 saturated carbocycles. The number of rotatable bonds is 0. The summed E-state index contributed by atoms with van der Waals surface area (Å²) in [5, 5.41) is 0. The fourth-order valence-corrected chi connectivity index (χ4v) is 14.8. The van der Waals surface area contributed by atoms with Crippen LogP contribution in [0.2, 0.25) is 0 Å². The van der Waals surface area contributed by atoms with Crippen molar-refractivity contribution in [3.05, 3.63) is 0 Å². The van der Waals surface area contributed by atoms with Crippen molar-refractivity contribution < 1.29 is 47.9 Å². The van der Waals surface area contributed by atoms with Crippen molar-refractivity contribution >= 4 is 59.1 Å². The van der Waals surface area contributed by atoms with Gasteiger partial charge in [0.15, 0.2) is 0 Å². The van der Waals surface area contributed by atoms with Gasteiger partial charge < -0.3 is 49.0 Å². The lowest BCUT2D eigenvalue weighted by Crippen LogP contribution is -2.60. The Balaban J connectivity index is 0.898. The summed E-state index contributed by atoms with van der Waals surface area (Å²) in [5.41, 5.74) is 0. The fourth-order valence-electron chi connectivity index (χ4n) is 14.8. The van der Waals surface area contributed by atoms with Crippen LogP contribution in [0, 0.1) is 0 Å². The third-order valence-corrected chi connectivity index (χ3v) is 18.2. The number of fused-ring (bicyclic) bond motifs is 10. The quantitative estimate of drug-likeness (QED) is 0.316. The van der Waals surface area contributed by atoms with E-state index in [-0.39, 0.29) is 59.1 Å². The highest BCUT2D eigenvalue weighted by Gasteiger charge is 2.53. The largest absolute Gasteiger partial charge is 0.329 e. The van der Waals surface area contributed by atoms with Crippen molar-refractivity contribution in [1.82, 2.24) is 49.0 Å². The summed E-state index contributed by atoms with van der Waals surface area (Å²) < 4.78 is 0. The molecule has 11 aliphatic heterocycles. The van der Waals surface area contributed by atoms with Crippen molar-refractivity contribution in [2.75, 3.05) is 65.4 Å². The van der Waals surface area contributed by atoms with Crippen molar-refractivity contribution in [2.45, 2.75) is 189 Å². The zero-order chi connectivity index (χ0) is 48.5. The first kappa shape index (κ1) is 47.0.